The Hall–Kier alpha value is -1.09. The Bertz CT molecular complexity index is 470. The first-order valence-corrected chi connectivity index (χ1v) is 6.84. The molecule has 0 spiro atoms. The normalized spacial score (nSPS) is 12.9. The van der Waals surface area contributed by atoms with Gasteiger partial charge in [0.1, 0.15) is 0 Å². The molecule has 0 aliphatic heterocycles. The monoisotopic (exact) mass is 224 g/mol. The van der Waals surface area contributed by atoms with E-state index in [2.05, 4.69) is 0 Å². The Labute approximate surface area is 91.6 Å². The van der Waals surface area contributed by atoms with Crippen molar-refractivity contribution in [3.8, 4) is 0 Å². The van der Waals surface area contributed by atoms with E-state index in [1.54, 1.807) is 12.1 Å². The summed E-state index contributed by atoms with van der Waals surface area (Å²) >= 11 is 0. The molecule has 82 valence electrons. The molecule has 1 aromatic rings. The van der Waals surface area contributed by atoms with Crippen LogP contribution >= 0.6 is 0 Å². The summed E-state index contributed by atoms with van der Waals surface area (Å²) in [5.74, 6) is 0. The quantitative estimate of drug-likeness (QED) is 0.791. The molecule has 1 rings (SSSR count). The van der Waals surface area contributed by atoms with Gasteiger partial charge in [-0.1, -0.05) is 31.2 Å². The van der Waals surface area contributed by atoms with Crippen LogP contribution in [0.4, 0.5) is 0 Å². The molecule has 2 nitrogen and oxygen atoms in total. The molecule has 0 atom stereocenters. The second kappa shape index (κ2) is 4.62. The first-order valence-electron chi connectivity index (χ1n) is 4.95. The van der Waals surface area contributed by atoms with Crippen LogP contribution < -0.4 is 0 Å². The van der Waals surface area contributed by atoms with E-state index < -0.39 is 9.84 Å². The summed E-state index contributed by atoms with van der Waals surface area (Å²) in [7, 11) is -3.14. The smallest absolute Gasteiger partial charge is 0.176 e. The second-order valence-electron chi connectivity index (χ2n) is 3.44. The van der Waals surface area contributed by atoms with Gasteiger partial charge in [-0.2, -0.15) is 0 Å². The molecule has 0 aliphatic carbocycles. The van der Waals surface area contributed by atoms with Crippen LogP contribution in [0, 0.1) is 0 Å². The lowest BCUT2D eigenvalue weighted by molar-refractivity contribution is 0.601. The Morgan fingerprint density at radius 1 is 1.33 bits per heavy atom. The zero-order valence-corrected chi connectivity index (χ0v) is 10.1. The van der Waals surface area contributed by atoms with Gasteiger partial charge in [-0.3, -0.25) is 0 Å². The minimum absolute atomic E-state index is 0.417. The Kier molecular flexibility index (Phi) is 3.69. The van der Waals surface area contributed by atoms with Crippen LogP contribution in [0.3, 0.4) is 0 Å². The van der Waals surface area contributed by atoms with E-state index in [1.165, 1.54) is 6.26 Å². The lowest BCUT2D eigenvalue weighted by atomic mass is 10.0. The van der Waals surface area contributed by atoms with Gasteiger partial charge in [-0.25, -0.2) is 8.42 Å². The van der Waals surface area contributed by atoms with Crippen LogP contribution in [0.2, 0.25) is 0 Å². The highest BCUT2D eigenvalue weighted by Crippen LogP contribution is 2.25. The average Bonchev–Trinajstić information content (AvgIpc) is 2.19. The average molecular weight is 224 g/mol. The SMILES string of the molecule is C/C=C(/CC)c1ccccc1S(C)(=O)=O. The van der Waals surface area contributed by atoms with Gasteiger partial charge in [-0.05, 0) is 30.5 Å². The molecule has 15 heavy (non-hydrogen) atoms. The maximum Gasteiger partial charge on any atom is 0.176 e. The van der Waals surface area contributed by atoms with Crippen LogP contribution in [0.15, 0.2) is 35.2 Å². The molecule has 0 heterocycles. The van der Waals surface area contributed by atoms with E-state index in [1.807, 2.05) is 32.1 Å². The van der Waals surface area contributed by atoms with Crippen molar-refractivity contribution in [2.75, 3.05) is 6.26 Å². The Morgan fingerprint density at radius 3 is 2.40 bits per heavy atom. The van der Waals surface area contributed by atoms with Crippen molar-refractivity contribution in [2.24, 2.45) is 0 Å². The molecule has 0 bridgehead atoms. The summed E-state index contributed by atoms with van der Waals surface area (Å²) in [4.78, 5) is 0.417. The molecule has 3 heteroatoms. The summed E-state index contributed by atoms with van der Waals surface area (Å²) in [5, 5.41) is 0. The molecule has 0 fully saturated rings. The van der Waals surface area contributed by atoms with Gasteiger partial charge in [0.15, 0.2) is 9.84 Å². The molecule has 0 aromatic heterocycles. The number of allylic oxidation sites excluding steroid dienone is 2. The van der Waals surface area contributed by atoms with E-state index in [0.29, 0.717) is 4.90 Å². The fraction of sp³-hybridized carbons (Fsp3) is 0.333. The minimum Gasteiger partial charge on any atom is -0.224 e. The lowest BCUT2D eigenvalue weighted by Gasteiger charge is -2.09. The molecule has 0 aliphatic rings. The molecule has 0 saturated carbocycles. The molecule has 0 amide bonds. The Balaban J connectivity index is 3.43. The van der Waals surface area contributed by atoms with Crippen molar-refractivity contribution in [1.29, 1.82) is 0 Å². The second-order valence-corrected chi connectivity index (χ2v) is 5.42. The van der Waals surface area contributed by atoms with E-state index in [-0.39, 0.29) is 0 Å². The summed E-state index contributed by atoms with van der Waals surface area (Å²) in [6, 6.07) is 7.13. The third-order valence-corrected chi connectivity index (χ3v) is 3.52. The lowest BCUT2D eigenvalue weighted by Crippen LogP contribution is -2.01. The van der Waals surface area contributed by atoms with Crippen LogP contribution in [-0.2, 0) is 9.84 Å². The number of sulfone groups is 1. The van der Waals surface area contributed by atoms with E-state index >= 15 is 0 Å². The Morgan fingerprint density at radius 2 is 1.93 bits per heavy atom. The van der Waals surface area contributed by atoms with Crippen LogP contribution in [0.25, 0.3) is 5.57 Å². The van der Waals surface area contributed by atoms with Gasteiger partial charge in [0, 0.05) is 6.26 Å². The van der Waals surface area contributed by atoms with Crippen molar-refractivity contribution in [2.45, 2.75) is 25.2 Å². The molecule has 0 N–H and O–H groups in total. The zero-order valence-electron chi connectivity index (χ0n) is 9.32. The van der Waals surface area contributed by atoms with Crippen LogP contribution in [0.5, 0.6) is 0 Å². The molecular weight excluding hydrogens is 208 g/mol. The standard InChI is InChI=1S/C12H16O2S/c1-4-10(5-2)11-8-6-7-9-12(11)15(3,13)14/h4,6-9H,5H2,1-3H3/b10-4-. The predicted octanol–water partition coefficient (Wildman–Crippen LogP) is 2.90. The van der Waals surface area contributed by atoms with Crippen molar-refractivity contribution in [3.05, 3.63) is 35.9 Å². The molecule has 0 saturated heterocycles. The summed E-state index contributed by atoms with van der Waals surface area (Å²) in [6.07, 6.45) is 4.04. The van der Waals surface area contributed by atoms with Gasteiger partial charge in [0.05, 0.1) is 4.90 Å². The van der Waals surface area contributed by atoms with Crippen LogP contribution in [-0.4, -0.2) is 14.7 Å². The summed E-state index contributed by atoms with van der Waals surface area (Å²) in [5.41, 5.74) is 1.89. The summed E-state index contributed by atoms with van der Waals surface area (Å²) in [6.45, 7) is 3.95. The third kappa shape index (κ3) is 2.69. The highest BCUT2D eigenvalue weighted by Gasteiger charge is 2.13. The summed E-state index contributed by atoms with van der Waals surface area (Å²) < 4.78 is 23.1. The highest BCUT2D eigenvalue weighted by atomic mass is 32.2. The molecule has 0 radical (unpaired) electrons. The number of rotatable bonds is 3. The van der Waals surface area contributed by atoms with Crippen LogP contribution in [0.1, 0.15) is 25.8 Å². The predicted molar refractivity (Wildman–Crippen MR) is 63.5 cm³/mol. The first kappa shape index (κ1) is 12.0. The van der Waals surface area contributed by atoms with Gasteiger partial charge < -0.3 is 0 Å². The van der Waals surface area contributed by atoms with Gasteiger partial charge in [0.2, 0.25) is 0 Å². The minimum atomic E-state index is -3.14. The maximum absolute atomic E-state index is 11.6. The maximum atomic E-state index is 11.6. The van der Waals surface area contributed by atoms with E-state index in [0.717, 1.165) is 17.6 Å². The zero-order chi connectivity index (χ0) is 11.5. The molecule has 0 unspecified atom stereocenters. The molecular formula is C12H16O2S. The largest absolute Gasteiger partial charge is 0.224 e. The van der Waals surface area contributed by atoms with Gasteiger partial charge in [0.25, 0.3) is 0 Å². The highest BCUT2D eigenvalue weighted by molar-refractivity contribution is 7.90. The topological polar surface area (TPSA) is 34.1 Å². The molecule has 1 aromatic carbocycles. The first-order chi connectivity index (χ1) is 7.00. The number of hydrogen-bond donors (Lipinski definition) is 0. The third-order valence-electron chi connectivity index (χ3n) is 2.36. The van der Waals surface area contributed by atoms with Crippen molar-refractivity contribution >= 4 is 15.4 Å². The van der Waals surface area contributed by atoms with Crippen molar-refractivity contribution < 1.29 is 8.42 Å². The fourth-order valence-corrected chi connectivity index (χ4v) is 2.53. The van der Waals surface area contributed by atoms with E-state index in [9.17, 15) is 8.42 Å². The number of hydrogen-bond acceptors (Lipinski definition) is 2. The van der Waals surface area contributed by atoms with Crippen molar-refractivity contribution in [3.63, 3.8) is 0 Å². The number of benzene rings is 1. The van der Waals surface area contributed by atoms with Gasteiger partial charge in [-0.15, -0.1) is 0 Å². The fourth-order valence-electron chi connectivity index (χ4n) is 1.61. The van der Waals surface area contributed by atoms with E-state index in [4.69, 9.17) is 0 Å². The van der Waals surface area contributed by atoms with Gasteiger partial charge >= 0.3 is 0 Å². The van der Waals surface area contributed by atoms with Crippen molar-refractivity contribution in [1.82, 2.24) is 0 Å².